The summed E-state index contributed by atoms with van der Waals surface area (Å²) >= 11 is 0. The van der Waals surface area contributed by atoms with Crippen LogP contribution in [0.25, 0.3) is 0 Å². The highest BCUT2D eigenvalue weighted by Gasteiger charge is 2.74. The lowest BCUT2D eigenvalue weighted by atomic mass is 9.88. The lowest BCUT2D eigenvalue weighted by Gasteiger charge is -2.15. The van der Waals surface area contributed by atoms with Crippen LogP contribution in [0.1, 0.15) is 19.4 Å². The lowest BCUT2D eigenvalue weighted by molar-refractivity contribution is -0.145. The predicted molar refractivity (Wildman–Crippen MR) is 83.6 cm³/mol. The molecular formula is C18H21FO4. The number of carboxylic acid groups (broad SMARTS) is 1. The van der Waals surface area contributed by atoms with E-state index in [0.29, 0.717) is 6.42 Å². The molecular weight excluding hydrogens is 299 g/mol. The second kappa shape index (κ2) is 6.52. The van der Waals surface area contributed by atoms with Gasteiger partial charge in [-0.15, -0.1) is 0 Å². The number of alkyl halides is 1. The Kier molecular flexibility index (Phi) is 4.88. The summed E-state index contributed by atoms with van der Waals surface area (Å²) in [6, 6.07) is 9.43. The first-order valence-electron chi connectivity index (χ1n) is 7.54. The van der Waals surface area contributed by atoms with Gasteiger partial charge in [0.1, 0.15) is 13.3 Å². The van der Waals surface area contributed by atoms with Crippen molar-refractivity contribution in [1.29, 1.82) is 0 Å². The van der Waals surface area contributed by atoms with Gasteiger partial charge in [-0.1, -0.05) is 50.3 Å². The molecule has 2 atom stereocenters. The van der Waals surface area contributed by atoms with E-state index in [1.165, 1.54) is 6.08 Å². The number of hydrogen-bond donors (Lipinski definition) is 1. The summed E-state index contributed by atoms with van der Waals surface area (Å²) in [6.45, 7) is 2.74. The maximum Gasteiger partial charge on any atom is 0.330 e. The van der Waals surface area contributed by atoms with Gasteiger partial charge in [0.05, 0.1) is 5.41 Å². The molecule has 0 heterocycles. The topological polar surface area (TPSA) is 63.6 Å². The molecule has 23 heavy (non-hydrogen) atoms. The van der Waals surface area contributed by atoms with Crippen LogP contribution in [0, 0.1) is 16.7 Å². The Bertz CT molecular complexity index is 609. The number of carbonyl (C=O) groups is 2. The van der Waals surface area contributed by atoms with E-state index in [1.807, 2.05) is 44.2 Å². The third kappa shape index (κ3) is 3.14. The minimum atomic E-state index is -0.953. The van der Waals surface area contributed by atoms with E-state index in [0.717, 1.165) is 5.56 Å². The monoisotopic (exact) mass is 320 g/mol. The quantitative estimate of drug-likeness (QED) is 0.619. The fraction of sp³-hybridized carbons (Fsp3) is 0.444. The fourth-order valence-electron chi connectivity index (χ4n) is 3.40. The lowest BCUT2D eigenvalue weighted by Crippen LogP contribution is -2.24. The smallest absolute Gasteiger partial charge is 0.330 e. The molecule has 0 aliphatic heterocycles. The van der Waals surface area contributed by atoms with Crippen LogP contribution in [0.5, 0.6) is 0 Å². The molecule has 1 aromatic carbocycles. The summed E-state index contributed by atoms with van der Waals surface area (Å²) in [5, 5.41) is 9.78. The average Bonchev–Trinajstić information content (AvgIpc) is 2.99. The Morgan fingerprint density at radius 1 is 1.30 bits per heavy atom. The van der Waals surface area contributed by atoms with Gasteiger partial charge in [0, 0.05) is 12.0 Å². The van der Waals surface area contributed by atoms with Crippen LogP contribution in [-0.2, 0) is 20.7 Å². The molecule has 0 amide bonds. The zero-order chi connectivity index (χ0) is 17.1. The minimum absolute atomic E-state index is 0.286. The Balaban J connectivity index is 2.18. The highest BCUT2D eigenvalue weighted by atomic mass is 19.1. The van der Waals surface area contributed by atoms with Crippen LogP contribution in [0.2, 0.25) is 0 Å². The first-order chi connectivity index (χ1) is 10.9. The molecule has 1 aliphatic carbocycles. The van der Waals surface area contributed by atoms with Gasteiger partial charge in [-0.2, -0.15) is 0 Å². The molecule has 0 spiro atoms. The highest BCUT2D eigenvalue weighted by molar-refractivity contribution is 5.85. The number of halogens is 1. The number of aliphatic carboxylic acids is 1. The molecule has 1 saturated carbocycles. The predicted octanol–water partition coefficient (Wildman–Crippen LogP) is 3.03. The third-order valence-electron chi connectivity index (χ3n) is 4.83. The molecule has 1 fully saturated rings. The molecule has 1 N–H and O–H groups in total. The number of esters is 1. The molecule has 5 heteroatoms. The van der Waals surface area contributed by atoms with Crippen molar-refractivity contribution in [3.05, 3.63) is 48.0 Å². The number of rotatable bonds is 7. The normalized spacial score (nSPS) is 25.3. The van der Waals surface area contributed by atoms with Crippen LogP contribution in [-0.4, -0.2) is 30.3 Å². The number of carbonyl (C=O) groups excluding carboxylic acids is 1. The third-order valence-corrected chi connectivity index (χ3v) is 4.83. The van der Waals surface area contributed by atoms with Crippen molar-refractivity contribution in [3.8, 4) is 0 Å². The van der Waals surface area contributed by atoms with Gasteiger partial charge in [-0.05, 0) is 17.4 Å². The SMILES string of the molecule is CC1(C)[C@@H](/C=C\C(=O)OCCF)[C@@]1(Cc1ccccc1)C(=O)O. The van der Waals surface area contributed by atoms with Crippen LogP contribution < -0.4 is 0 Å². The van der Waals surface area contributed by atoms with E-state index in [1.54, 1.807) is 6.08 Å². The maximum atomic E-state index is 12.0. The number of ether oxygens (including phenoxy) is 1. The molecule has 2 rings (SSSR count). The van der Waals surface area contributed by atoms with Gasteiger partial charge >= 0.3 is 11.9 Å². The van der Waals surface area contributed by atoms with Gasteiger partial charge in [0.15, 0.2) is 0 Å². The highest BCUT2D eigenvalue weighted by Crippen LogP contribution is 2.71. The fourth-order valence-corrected chi connectivity index (χ4v) is 3.40. The van der Waals surface area contributed by atoms with Crippen LogP contribution in [0.15, 0.2) is 42.5 Å². The summed E-state index contributed by atoms with van der Waals surface area (Å²) < 4.78 is 16.6. The van der Waals surface area contributed by atoms with Crippen LogP contribution in [0.4, 0.5) is 4.39 Å². The Morgan fingerprint density at radius 3 is 2.52 bits per heavy atom. The molecule has 4 nitrogen and oxygen atoms in total. The molecule has 0 bridgehead atoms. The number of benzene rings is 1. The zero-order valence-electron chi connectivity index (χ0n) is 13.3. The van der Waals surface area contributed by atoms with Crippen LogP contribution >= 0.6 is 0 Å². The van der Waals surface area contributed by atoms with Gasteiger partial charge in [0.25, 0.3) is 0 Å². The average molecular weight is 320 g/mol. The first-order valence-corrected chi connectivity index (χ1v) is 7.54. The molecule has 0 radical (unpaired) electrons. The largest absolute Gasteiger partial charge is 0.481 e. The van der Waals surface area contributed by atoms with Gasteiger partial charge < -0.3 is 9.84 Å². The van der Waals surface area contributed by atoms with Gasteiger partial charge in [-0.25, -0.2) is 9.18 Å². The van der Waals surface area contributed by atoms with Crippen molar-refractivity contribution in [1.82, 2.24) is 0 Å². The summed E-state index contributed by atoms with van der Waals surface area (Å²) in [5.74, 6) is -1.81. The van der Waals surface area contributed by atoms with E-state index in [-0.39, 0.29) is 12.5 Å². The maximum absolute atomic E-state index is 12.0. The van der Waals surface area contributed by atoms with Crippen molar-refractivity contribution < 1.29 is 23.8 Å². The second-order valence-electron chi connectivity index (χ2n) is 6.35. The Morgan fingerprint density at radius 2 is 1.96 bits per heavy atom. The first kappa shape index (κ1) is 17.2. The molecule has 0 saturated heterocycles. The van der Waals surface area contributed by atoms with Gasteiger partial charge in [-0.3, -0.25) is 4.79 Å². The standard InChI is InChI=1S/C18H21FO4/c1-17(2)14(8-9-15(20)23-11-10-19)18(17,16(21)22)12-13-6-4-3-5-7-13/h3-9,14H,10-12H2,1-2H3,(H,21,22)/b9-8-/t14-,18+/m1/s1. The number of carboxylic acids is 1. The van der Waals surface area contributed by atoms with Crippen molar-refractivity contribution in [2.24, 2.45) is 16.7 Å². The molecule has 0 unspecified atom stereocenters. The van der Waals surface area contributed by atoms with Crippen molar-refractivity contribution >= 4 is 11.9 Å². The second-order valence-corrected chi connectivity index (χ2v) is 6.35. The summed E-state index contributed by atoms with van der Waals surface area (Å²) in [4.78, 5) is 23.4. The van der Waals surface area contributed by atoms with Crippen molar-refractivity contribution in [2.45, 2.75) is 20.3 Å². The molecule has 0 aromatic heterocycles. The molecule has 1 aromatic rings. The Hall–Kier alpha value is -2.17. The van der Waals surface area contributed by atoms with Gasteiger partial charge in [0.2, 0.25) is 0 Å². The Labute approximate surface area is 135 Å². The zero-order valence-corrected chi connectivity index (χ0v) is 13.3. The number of allylic oxidation sites excluding steroid dienone is 1. The summed E-state index contributed by atoms with van der Waals surface area (Å²) in [6.07, 6.45) is 3.18. The number of hydrogen-bond acceptors (Lipinski definition) is 3. The van der Waals surface area contributed by atoms with Crippen molar-refractivity contribution in [2.75, 3.05) is 13.3 Å². The van der Waals surface area contributed by atoms with E-state index in [2.05, 4.69) is 4.74 Å². The van der Waals surface area contributed by atoms with E-state index in [4.69, 9.17) is 0 Å². The van der Waals surface area contributed by atoms with E-state index in [9.17, 15) is 19.1 Å². The summed E-state index contributed by atoms with van der Waals surface area (Å²) in [5.41, 5.74) is -0.490. The minimum Gasteiger partial charge on any atom is -0.481 e. The summed E-state index contributed by atoms with van der Waals surface area (Å²) in [7, 11) is 0. The van der Waals surface area contributed by atoms with Crippen molar-refractivity contribution in [3.63, 3.8) is 0 Å². The van der Waals surface area contributed by atoms with E-state index < -0.39 is 29.4 Å². The molecule has 1 aliphatic rings. The van der Waals surface area contributed by atoms with Crippen LogP contribution in [0.3, 0.4) is 0 Å². The van der Waals surface area contributed by atoms with E-state index >= 15 is 0 Å². The molecule has 124 valence electrons.